The molecule has 0 atom stereocenters. The number of benzene rings is 1. The predicted octanol–water partition coefficient (Wildman–Crippen LogP) is 1.89. The van der Waals surface area contributed by atoms with Gasteiger partial charge in [-0.25, -0.2) is 0 Å². The van der Waals surface area contributed by atoms with Gasteiger partial charge in [0.2, 0.25) is 0 Å². The van der Waals surface area contributed by atoms with Crippen molar-refractivity contribution in [1.29, 1.82) is 0 Å². The number of nitrogens with one attached hydrogen (secondary N) is 1. The third kappa shape index (κ3) is 5.72. The predicted molar refractivity (Wildman–Crippen MR) is 109 cm³/mol. The summed E-state index contributed by atoms with van der Waals surface area (Å²) in [4.78, 5) is 11.8. The van der Waals surface area contributed by atoms with Crippen molar-refractivity contribution < 1.29 is 4.52 Å². The van der Waals surface area contributed by atoms with Crippen LogP contribution < -0.4 is 10.2 Å². The first-order valence-corrected chi connectivity index (χ1v) is 9.67. The molecule has 1 aliphatic rings. The summed E-state index contributed by atoms with van der Waals surface area (Å²) in [5.41, 5.74) is 2.21. The Bertz CT molecular complexity index is 680. The Kier molecular flexibility index (Phi) is 7.10. The van der Waals surface area contributed by atoms with Crippen molar-refractivity contribution >= 4 is 11.6 Å². The van der Waals surface area contributed by atoms with E-state index in [1.807, 2.05) is 12.1 Å². The number of guanidine groups is 1. The van der Waals surface area contributed by atoms with Gasteiger partial charge < -0.3 is 19.6 Å². The Morgan fingerprint density at radius 2 is 1.96 bits per heavy atom. The number of nitrogens with zero attached hydrogens (tertiary/aromatic N) is 5. The zero-order valence-corrected chi connectivity index (χ0v) is 16.3. The van der Waals surface area contributed by atoms with Gasteiger partial charge in [0.1, 0.15) is 6.26 Å². The first-order valence-electron chi connectivity index (χ1n) is 9.67. The van der Waals surface area contributed by atoms with Crippen LogP contribution in [0, 0.1) is 0 Å². The van der Waals surface area contributed by atoms with Crippen molar-refractivity contribution in [3.63, 3.8) is 0 Å². The zero-order chi connectivity index (χ0) is 18.9. The third-order valence-electron chi connectivity index (χ3n) is 4.78. The molecular formula is C20H30N6O. The van der Waals surface area contributed by atoms with E-state index < -0.39 is 0 Å². The summed E-state index contributed by atoms with van der Waals surface area (Å²) < 4.78 is 4.92. The average molecular weight is 371 g/mol. The van der Waals surface area contributed by atoms with Gasteiger partial charge in [-0.1, -0.05) is 23.4 Å². The van der Waals surface area contributed by atoms with E-state index in [0.29, 0.717) is 0 Å². The van der Waals surface area contributed by atoms with E-state index in [-0.39, 0.29) is 0 Å². The molecule has 1 fully saturated rings. The molecule has 1 saturated heterocycles. The lowest BCUT2D eigenvalue weighted by atomic mass is 10.3. The second kappa shape index (κ2) is 9.97. The van der Waals surface area contributed by atoms with Gasteiger partial charge in [-0.2, -0.15) is 0 Å². The van der Waals surface area contributed by atoms with Gasteiger partial charge in [-0.05, 0) is 19.1 Å². The van der Waals surface area contributed by atoms with Gasteiger partial charge >= 0.3 is 0 Å². The Hall–Kier alpha value is -2.54. The van der Waals surface area contributed by atoms with Crippen molar-refractivity contribution in [2.45, 2.75) is 13.5 Å². The highest BCUT2D eigenvalue weighted by molar-refractivity contribution is 5.80. The number of hydrogen-bond acceptors (Lipinski definition) is 5. The molecule has 0 bridgehead atoms. The molecule has 0 aliphatic carbocycles. The maximum absolute atomic E-state index is 4.92. The number of likely N-dealkylation sites (N-methyl/N-ethyl adjacent to an activating group) is 1. The first-order chi connectivity index (χ1) is 13.3. The molecule has 0 radical (unpaired) electrons. The van der Waals surface area contributed by atoms with Gasteiger partial charge in [0.05, 0.1) is 12.2 Å². The summed E-state index contributed by atoms with van der Waals surface area (Å²) in [5.74, 6) is 1.01. The van der Waals surface area contributed by atoms with Crippen LogP contribution in [0.25, 0.3) is 0 Å². The van der Waals surface area contributed by atoms with Gasteiger partial charge in [-0.3, -0.25) is 9.89 Å². The molecule has 2 heterocycles. The second-order valence-corrected chi connectivity index (χ2v) is 6.75. The van der Waals surface area contributed by atoms with Crippen LogP contribution in [0.3, 0.4) is 0 Å². The normalized spacial score (nSPS) is 15.8. The molecule has 0 unspecified atom stereocenters. The molecular weight excluding hydrogens is 340 g/mol. The number of para-hydroxylation sites is 1. The monoisotopic (exact) mass is 370 g/mol. The lowest BCUT2D eigenvalue weighted by Gasteiger charge is -2.36. The Morgan fingerprint density at radius 1 is 1.19 bits per heavy atom. The second-order valence-electron chi connectivity index (χ2n) is 6.75. The van der Waals surface area contributed by atoms with Crippen LogP contribution in [0.5, 0.6) is 0 Å². The fourth-order valence-electron chi connectivity index (χ4n) is 3.21. The van der Waals surface area contributed by atoms with E-state index in [1.54, 1.807) is 6.26 Å². The van der Waals surface area contributed by atoms with Gasteiger partial charge in [-0.15, -0.1) is 0 Å². The van der Waals surface area contributed by atoms with Crippen LogP contribution in [-0.2, 0) is 6.54 Å². The van der Waals surface area contributed by atoms with E-state index in [4.69, 9.17) is 9.52 Å². The maximum Gasteiger partial charge on any atom is 0.194 e. The van der Waals surface area contributed by atoms with E-state index >= 15 is 0 Å². The van der Waals surface area contributed by atoms with Gasteiger partial charge in [0, 0.05) is 64.6 Å². The molecule has 1 aromatic carbocycles. The molecule has 0 spiro atoms. The number of piperazine rings is 1. The quantitative estimate of drug-likeness (QED) is 0.593. The number of aromatic nitrogens is 1. The Labute approximate surface area is 161 Å². The molecule has 1 aliphatic heterocycles. The Morgan fingerprint density at radius 3 is 2.63 bits per heavy atom. The minimum Gasteiger partial charge on any atom is -0.373 e. The lowest BCUT2D eigenvalue weighted by molar-refractivity contribution is 0.169. The van der Waals surface area contributed by atoms with Crippen LogP contribution in [-0.4, -0.2) is 73.8 Å². The summed E-state index contributed by atoms with van der Waals surface area (Å²) in [7, 11) is 2.11. The highest BCUT2D eigenvalue weighted by Gasteiger charge is 2.20. The summed E-state index contributed by atoms with van der Waals surface area (Å²) >= 11 is 0. The molecule has 27 heavy (non-hydrogen) atoms. The molecule has 0 saturated carbocycles. The molecule has 2 aromatic rings. The van der Waals surface area contributed by atoms with Crippen LogP contribution in [0.4, 0.5) is 5.69 Å². The number of hydrogen-bond donors (Lipinski definition) is 1. The summed E-state index contributed by atoms with van der Waals surface area (Å²) in [5, 5.41) is 7.44. The third-order valence-corrected chi connectivity index (χ3v) is 4.78. The van der Waals surface area contributed by atoms with Crippen LogP contribution in [0.1, 0.15) is 12.6 Å². The maximum atomic E-state index is 4.92. The highest BCUT2D eigenvalue weighted by Crippen LogP contribution is 2.10. The minimum absolute atomic E-state index is 0.771. The van der Waals surface area contributed by atoms with E-state index in [0.717, 1.165) is 64.0 Å². The van der Waals surface area contributed by atoms with Crippen LogP contribution in [0.2, 0.25) is 0 Å². The molecule has 3 rings (SSSR count). The first kappa shape index (κ1) is 19.2. The standard InChI is InChI=1S/C20H30N6O/c1-3-21-20(22-10-11-24(2)19-7-5-4-6-8-19)26-14-12-25(13-15-26)17-18-9-16-27-23-18/h4-9,16H,3,10-15,17H2,1-2H3,(H,21,22). The number of anilines is 1. The smallest absolute Gasteiger partial charge is 0.194 e. The average Bonchev–Trinajstić information content (AvgIpc) is 3.21. The number of aliphatic imine (C=N–C) groups is 1. The SMILES string of the molecule is CCNC(=NCCN(C)c1ccccc1)N1CCN(Cc2ccon2)CC1. The van der Waals surface area contributed by atoms with E-state index in [2.05, 4.69) is 63.4 Å². The zero-order valence-electron chi connectivity index (χ0n) is 16.3. The van der Waals surface area contributed by atoms with E-state index in [1.165, 1.54) is 5.69 Å². The fourth-order valence-corrected chi connectivity index (χ4v) is 3.21. The van der Waals surface area contributed by atoms with Crippen molar-refractivity contribution in [3.05, 3.63) is 48.4 Å². The molecule has 0 amide bonds. The minimum atomic E-state index is 0.771. The molecule has 1 N–H and O–H groups in total. The van der Waals surface area contributed by atoms with Gasteiger partial charge in [0.15, 0.2) is 5.96 Å². The molecule has 7 heteroatoms. The topological polar surface area (TPSA) is 60.1 Å². The van der Waals surface area contributed by atoms with Crippen LogP contribution >= 0.6 is 0 Å². The Balaban J connectivity index is 1.48. The summed E-state index contributed by atoms with van der Waals surface area (Å²) in [6.45, 7) is 9.45. The molecule has 1 aromatic heterocycles. The lowest BCUT2D eigenvalue weighted by Crippen LogP contribution is -2.52. The summed E-state index contributed by atoms with van der Waals surface area (Å²) in [6, 6.07) is 12.4. The van der Waals surface area contributed by atoms with Crippen LogP contribution in [0.15, 0.2) is 52.2 Å². The highest BCUT2D eigenvalue weighted by atomic mass is 16.5. The van der Waals surface area contributed by atoms with Crippen molar-refractivity contribution in [1.82, 2.24) is 20.3 Å². The van der Waals surface area contributed by atoms with Gasteiger partial charge in [0.25, 0.3) is 0 Å². The fraction of sp³-hybridized carbons (Fsp3) is 0.500. The summed E-state index contributed by atoms with van der Waals surface area (Å²) in [6.07, 6.45) is 1.63. The van der Waals surface area contributed by atoms with Crippen molar-refractivity contribution in [2.75, 3.05) is 57.8 Å². The van der Waals surface area contributed by atoms with Crippen molar-refractivity contribution in [3.8, 4) is 0 Å². The largest absolute Gasteiger partial charge is 0.373 e. The molecule has 146 valence electrons. The van der Waals surface area contributed by atoms with Crippen molar-refractivity contribution in [2.24, 2.45) is 4.99 Å². The number of rotatable bonds is 7. The van der Waals surface area contributed by atoms with E-state index in [9.17, 15) is 0 Å². The molecule has 7 nitrogen and oxygen atoms in total.